The van der Waals surface area contributed by atoms with E-state index in [0.717, 1.165) is 0 Å². The molecular weight excluding hydrogens is 264 g/mol. The number of aryl methyl sites for hydroxylation is 1. The molecule has 0 fully saturated rings. The second-order valence-electron chi connectivity index (χ2n) is 4.37. The maximum absolute atomic E-state index is 11.7. The number of hydrogen-bond donors (Lipinski definition) is 2. The smallest absolute Gasteiger partial charge is 0.242 e. The zero-order chi connectivity index (χ0) is 13.9. The molecule has 4 N–H and O–H groups in total. The van der Waals surface area contributed by atoms with Crippen molar-refractivity contribution in [2.75, 3.05) is 0 Å². The van der Waals surface area contributed by atoms with Crippen molar-refractivity contribution in [2.45, 2.75) is 18.5 Å². The predicted octanol–water partition coefficient (Wildman–Crippen LogP) is 1.27. The Labute approximate surface area is 116 Å². The van der Waals surface area contributed by atoms with Crippen LogP contribution in [0.5, 0.6) is 0 Å². The maximum atomic E-state index is 11.7. The van der Waals surface area contributed by atoms with Gasteiger partial charge >= 0.3 is 0 Å². The summed E-state index contributed by atoms with van der Waals surface area (Å²) < 4.78 is 1.63. The van der Waals surface area contributed by atoms with Crippen LogP contribution in [-0.4, -0.2) is 15.7 Å². The number of halogens is 1. The third-order valence-electron chi connectivity index (χ3n) is 3.07. The number of carbonyl (C=O) groups excluding carboxylic acids is 1. The predicted molar refractivity (Wildman–Crippen MR) is 73.4 cm³/mol. The molecule has 1 amide bonds. The normalized spacial score (nSPS) is 14.0. The van der Waals surface area contributed by atoms with Gasteiger partial charge < -0.3 is 11.5 Å². The van der Waals surface area contributed by atoms with E-state index in [1.54, 1.807) is 23.0 Å². The molecule has 1 atom stereocenters. The van der Waals surface area contributed by atoms with Crippen LogP contribution in [0.15, 0.2) is 42.7 Å². The summed E-state index contributed by atoms with van der Waals surface area (Å²) in [6, 6.07) is 9.09. The van der Waals surface area contributed by atoms with Gasteiger partial charge in [0, 0.05) is 12.7 Å². The van der Waals surface area contributed by atoms with Crippen molar-refractivity contribution in [1.82, 2.24) is 9.78 Å². The van der Waals surface area contributed by atoms with Crippen molar-refractivity contribution in [2.24, 2.45) is 11.5 Å². The van der Waals surface area contributed by atoms with Gasteiger partial charge in [-0.3, -0.25) is 9.48 Å². The van der Waals surface area contributed by atoms with E-state index in [1.807, 2.05) is 18.2 Å². The largest absolute Gasteiger partial charge is 0.368 e. The molecule has 6 heteroatoms. The van der Waals surface area contributed by atoms with Crippen LogP contribution in [0, 0.1) is 0 Å². The third kappa shape index (κ3) is 2.94. The Morgan fingerprint density at radius 3 is 2.58 bits per heavy atom. The van der Waals surface area contributed by atoms with Gasteiger partial charge in [-0.05, 0) is 12.0 Å². The van der Waals surface area contributed by atoms with Crippen LogP contribution in [0.25, 0.3) is 0 Å². The van der Waals surface area contributed by atoms with Crippen LogP contribution in [0.1, 0.15) is 12.0 Å². The van der Waals surface area contributed by atoms with E-state index in [2.05, 4.69) is 5.10 Å². The summed E-state index contributed by atoms with van der Waals surface area (Å²) in [6.07, 6.45) is 3.56. The van der Waals surface area contributed by atoms with Gasteiger partial charge in [-0.2, -0.15) is 5.10 Å². The van der Waals surface area contributed by atoms with E-state index in [-0.39, 0.29) is 0 Å². The molecule has 0 radical (unpaired) electrons. The quantitative estimate of drug-likeness (QED) is 0.863. The maximum Gasteiger partial charge on any atom is 0.242 e. The van der Waals surface area contributed by atoms with Crippen LogP contribution in [-0.2, 0) is 16.9 Å². The third-order valence-corrected chi connectivity index (χ3v) is 3.26. The van der Waals surface area contributed by atoms with E-state index in [4.69, 9.17) is 23.1 Å². The number of nitrogens with two attached hydrogens (primary N) is 2. The van der Waals surface area contributed by atoms with Crippen LogP contribution in [0.3, 0.4) is 0 Å². The van der Waals surface area contributed by atoms with Gasteiger partial charge in [0.05, 0.1) is 11.2 Å². The molecule has 0 aliphatic heterocycles. The fourth-order valence-electron chi connectivity index (χ4n) is 1.90. The molecule has 2 aromatic rings. The minimum atomic E-state index is -1.21. The summed E-state index contributed by atoms with van der Waals surface area (Å²) in [5.41, 5.74) is 11.1. The first-order valence-corrected chi connectivity index (χ1v) is 6.22. The van der Waals surface area contributed by atoms with Crippen molar-refractivity contribution in [3.63, 3.8) is 0 Å². The molecule has 100 valence electrons. The second-order valence-corrected chi connectivity index (χ2v) is 4.81. The molecule has 0 bridgehead atoms. The molecule has 0 spiro atoms. The van der Waals surface area contributed by atoms with Crippen molar-refractivity contribution < 1.29 is 4.79 Å². The number of amides is 1. The number of primary amides is 1. The van der Waals surface area contributed by atoms with Gasteiger partial charge in [0.1, 0.15) is 5.54 Å². The number of carbonyl (C=O) groups is 1. The van der Waals surface area contributed by atoms with Gasteiger partial charge in [0.2, 0.25) is 5.91 Å². The summed E-state index contributed by atoms with van der Waals surface area (Å²) in [4.78, 5) is 11.7. The minimum absolute atomic E-state index is 0.352. The average Bonchev–Trinajstić information content (AvgIpc) is 2.82. The SMILES string of the molecule is NC(=O)C(N)(CCn1cc(Cl)cn1)c1ccccc1. The van der Waals surface area contributed by atoms with E-state index in [0.29, 0.717) is 23.6 Å². The summed E-state index contributed by atoms with van der Waals surface area (Å²) in [5, 5.41) is 4.59. The number of nitrogens with zero attached hydrogens (tertiary/aromatic N) is 2. The summed E-state index contributed by atoms with van der Waals surface area (Å²) in [7, 11) is 0. The highest BCUT2D eigenvalue weighted by molar-refractivity contribution is 6.30. The Bertz CT molecular complexity index is 569. The summed E-state index contributed by atoms with van der Waals surface area (Å²) in [6.45, 7) is 0.459. The monoisotopic (exact) mass is 278 g/mol. The number of aromatic nitrogens is 2. The van der Waals surface area contributed by atoms with Gasteiger partial charge in [-0.25, -0.2) is 0 Å². The van der Waals surface area contributed by atoms with E-state index >= 15 is 0 Å². The fraction of sp³-hybridized carbons (Fsp3) is 0.231. The number of benzene rings is 1. The van der Waals surface area contributed by atoms with E-state index in [9.17, 15) is 4.79 Å². The molecule has 2 rings (SSSR count). The second kappa shape index (κ2) is 5.42. The molecule has 0 aliphatic carbocycles. The van der Waals surface area contributed by atoms with Crippen LogP contribution in [0.4, 0.5) is 0 Å². The standard InChI is InChI=1S/C13H15ClN4O/c14-11-8-17-18(9-11)7-6-13(16,12(15)19)10-4-2-1-3-5-10/h1-5,8-9H,6-7,16H2,(H2,15,19). The molecule has 1 aromatic heterocycles. The van der Waals surface area contributed by atoms with Gasteiger partial charge in [0.15, 0.2) is 0 Å². The molecule has 1 unspecified atom stereocenters. The van der Waals surface area contributed by atoms with Crippen molar-refractivity contribution in [3.8, 4) is 0 Å². The lowest BCUT2D eigenvalue weighted by Gasteiger charge is -2.26. The highest BCUT2D eigenvalue weighted by Gasteiger charge is 2.33. The van der Waals surface area contributed by atoms with Gasteiger partial charge in [-0.15, -0.1) is 0 Å². The lowest BCUT2D eigenvalue weighted by molar-refractivity contribution is -0.123. The first-order chi connectivity index (χ1) is 9.02. The Kier molecular flexibility index (Phi) is 3.87. The highest BCUT2D eigenvalue weighted by Crippen LogP contribution is 2.22. The topological polar surface area (TPSA) is 86.9 Å². The zero-order valence-corrected chi connectivity index (χ0v) is 11.0. The first-order valence-electron chi connectivity index (χ1n) is 5.84. The summed E-state index contributed by atoms with van der Waals surface area (Å²) in [5.74, 6) is -0.558. The Morgan fingerprint density at radius 1 is 1.37 bits per heavy atom. The molecule has 1 aromatic carbocycles. The van der Waals surface area contributed by atoms with Crippen LogP contribution in [0.2, 0.25) is 5.02 Å². The molecule has 1 heterocycles. The van der Waals surface area contributed by atoms with E-state index < -0.39 is 11.4 Å². The highest BCUT2D eigenvalue weighted by atomic mass is 35.5. The minimum Gasteiger partial charge on any atom is -0.368 e. The van der Waals surface area contributed by atoms with Crippen LogP contribution < -0.4 is 11.5 Å². The lowest BCUT2D eigenvalue weighted by atomic mass is 9.87. The first kappa shape index (κ1) is 13.6. The molecule has 5 nitrogen and oxygen atoms in total. The van der Waals surface area contributed by atoms with E-state index in [1.165, 1.54) is 6.20 Å². The average molecular weight is 279 g/mol. The number of hydrogen-bond acceptors (Lipinski definition) is 3. The van der Waals surface area contributed by atoms with Crippen molar-refractivity contribution in [1.29, 1.82) is 0 Å². The van der Waals surface area contributed by atoms with Crippen molar-refractivity contribution >= 4 is 17.5 Å². The Morgan fingerprint density at radius 2 is 2.05 bits per heavy atom. The molecule has 0 aliphatic rings. The Hall–Kier alpha value is -1.85. The molecule has 0 saturated heterocycles. The van der Waals surface area contributed by atoms with Gasteiger partial charge in [-0.1, -0.05) is 41.9 Å². The van der Waals surface area contributed by atoms with Crippen molar-refractivity contribution in [3.05, 3.63) is 53.3 Å². The summed E-state index contributed by atoms with van der Waals surface area (Å²) >= 11 is 5.78. The zero-order valence-electron chi connectivity index (χ0n) is 10.3. The molecular formula is C13H15ClN4O. The number of rotatable bonds is 5. The lowest BCUT2D eigenvalue weighted by Crippen LogP contribution is -2.49. The Balaban J connectivity index is 2.19. The molecule has 0 saturated carbocycles. The molecule has 19 heavy (non-hydrogen) atoms. The fourth-order valence-corrected chi connectivity index (χ4v) is 2.05. The van der Waals surface area contributed by atoms with Gasteiger partial charge in [0.25, 0.3) is 0 Å². The van der Waals surface area contributed by atoms with Crippen LogP contribution >= 0.6 is 11.6 Å².